The van der Waals surface area contributed by atoms with E-state index >= 15 is 0 Å². The number of hydrogen-bond acceptors (Lipinski definition) is 6. The van der Waals surface area contributed by atoms with Gasteiger partial charge in [-0.3, -0.25) is 19.7 Å². The molecule has 0 saturated carbocycles. The molecule has 8 nitrogen and oxygen atoms in total. The number of esters is 2. The van der Waals surface area contributed by atoms with E-state index in [1.54, 1.807) is 6.07 Å². The Hall–Kier alpha value is -2.04. The third-order valence-electron chi connectivity index (χ3n) is 2.43. The predicted octanol–water partition coefficient (Wildman–Crippen LogP) is 1.49. The van der Waals surface area contributed by atoms with Crippen LogP contribution in [0.2, 0.25) is 0 Å². The van der Waals surface area contributed by atoms with Gasteiger partial charge in [0.05, 0.1) is 23.3 Å². The number of rotatable bonds is 6. The van der Waals surface area contributed by atoms with Crippen molar-refractivity contribution in [2.24, 2.45) is 0 Å². The van der Waals surface area contributed by atoms with E-state index in [1.165, 1.54) is 46.9 Å². The van der Waals surface area contributed by atoms with Crippen LogP contribution >= 0.6 is 22.6 Å². The lowest BCUT2D eigenvalue weighted by Crippen LogP contribution is -2.40. The van der Waals surface area contributed by atoms with Gasteiger partial charge >= 0.3 is 21.5 Å². The zero-order chi connectivity index (χ0) is 16.0. The van der Waals surface area contributed by atoms with E-state index in [-0.39, 0.29) is 5.56 Å². The Morgan fingerprint density at radius 1 is 1.24 bits per heavy atom. The van der Waals surface area contributed by atoms with Gasteiger partial charge in [0.15, 0.2) is 0 Å². The van der Waals surface area contributed by atoms with Crippen LogP contribution in [0.15, 0.2) is 30.3 Å². The van der Waals surface area contributed by atoms with Gasteiger partial charge in [-0.1, -0.05) is 30.3 Å². The van der Waals surface area contributed by atoms with Gasteiger partial charge < -0.3 is 9.84 Å². The molecular weight excluding hydrogens is 397 g/mol. The Balaban J connectivity index is 2.92. The van der Waals surface area contributed by atoms with Gasteiger partial charge in [0.2, 0.25) is 0 Å². The Kier molecular flexibility index (Phi) is 5.76. The fraction of sp³-hybridized carbons (Fsp3) is 0.250. The molecule has 1 atom stereocenters. The van der Waals surface area contributed by atoms with Crippen LogP contribution in [0.25, 0.3) is 0 Å². The monoisotopic (exact) mass is 407 g/mol. The minimum atomic E-state index is -2.27. The molecule has 0 aliphatic heterocycles. The highest BCUT2D eigenvalue weighted by atomic mass is 127. The van der Waals surface area contributed by atoms with Crippen LogP contribution in [0.1, 0.15) is 18.4 Å². The number of aliphatic carboxylic acids is 1. The van der Waals surface area contributed by atoms with Crippen molar-refractivity contribution in [2.45, 2.75) is 16.4 Å². The van der Waals surface area contributed by atoms with E-state index in [1.807, 2.05) is 0 Å². The van der Waals surface area contributed by atoms with Crippen molar-refractivity contribution in [1.29, 1.82) is 0 Å². The number of carbonyl (C=O) groups excluding carboxylic acids is 2. The largest absolute Gasteiger partial charge is 0.481 e. The molecule has 1 aromatic carbocycles. The molecule has 0 aliphatic rings. The summed E-state index contributed by atoms with van der Waals surface area (Å²) in [5.41, 5.74) is 0.0478. The normalized spacial score (nSPS) is 13.0. The molecule has 112 valence electrons. The lowest BCUT2D eigenvalue weighted by atomic mass is 10.1. The highest BCUT2D eigenvalue weighted by Crippen LogP contribution is 2.34. The summed E-state index contributed by atoms with van der Waals surface area (Å²) in [6.07, 6.45) is -1.07. The van der Waals surface area contributed by atoms with Crippen LogP contribution in [0.3, 0.4) is 0 Å². The van der Waals surface area contributed by atoms with Gasteiger partial charge in [0.25, 0.3) is 0 Å². The summed E-state index contributed by atoms with van der Waals surface area (Å²) in [5.74, 6) is -3.73. The van der Waals surface area contributed by atoms with E-state index in [0.717, 1.165) is 0 Å². The van der Waals surface area contributed by atoms with E-state index in [4.69, 9.17) is 5.11 Å². The molecule has 0 bridgehead atoms. The molecule has 1 unspecified atom stereocenters. The van der Waals surface area contributed by atoms with E-state index in [9.17, 15) is 24.5 Å². The molecule has 0 aliphatic carbocycles. The molecule has 1 rings (SSSR count). The number of halogens is 1. The van der Waals surface area contributed by atoms with Crippen molar-refractivity contribution in [3.63, 3.8) is 0 Å². The van der Waals surface area contributed by atoms with Crippen LogP contribution in [-0.2, 0) is 22.7 Å². The first-order valence-corrected chi connectivity index (χ1v) is 6.72. The number of carbonyl (C=O) groups is 3. The lowest BCUT2D eigenvalue weighted by molar-refractivity contribution is -0.524. The van der Waals surface area contributed by atoms with Crippen molar-refractivity contribution < 1.29 is 29.2 Å². The second kappa shape index (κ2) is 7.11. The van der Waals surface area contributed by atoms with Crippen molar-refractivity contribution in [3.05, 3.63) is 46.0 Å². The lowest BCUT2D eigenvalue weighted by Gasteiger charge is -2.16. The van der Waals surface area contributed by atoms with Gasteiger partial charge in [-0.05, 0) is 0 Å². The minimum absolute atomic E-state index is 0.0478. The molecule has 1 N–H and O–H groups in total. The minimum Gasteiger partial charge on any atom is -0.481 e. The first kappa shape index (κ1) is 17.0. The number of nitro groups is 1. The van der Waals surface area contributed by atoms with Crippen LogP contribution in [-0.4, -0.2) is 27.9 Å². The van der Waals surface area contributed by atoms with E-state index < -0.39 is 39.2 Å². The second-order valence-corrected chi connectivity index (χ2v) is 5.46. The van der Waals surface area contributed by atoms with E-state index in [0.29, 0.717) is 0 Å². The van der Waals surface area contributed by atoms with Crippen LogP contribution in [0.4, 0.5) is 0 Å². The molecule has 0 heterocycles. The Morgan fingerprint density at radius 3 is 2.29 bits per heavy atom. The maximum Gasteiger partial charge on any atom is 0.408 e. The Morgan fingerprint density at radius 2 is 1.81 bits per heavy atom. The van der Waals surface area contributed by atoms with Crippen LogP contribution < -0.4 is 0 Å². The first-order valence-electron chi connectivity index (χ1n) is 5.64. The van der Waals surface area contributed by atoms with Gasteiger partial charge in [-0.25, -0.2) is 4.79 Å². The van der Waals surface area contributed by atoms with Crippen molar-refractivity contribution in [1.82, 2.24) is 0 Å². The van der Waals surface area contributed by atoms with Crippen LogP contribution in [0.5, 0.6) is 0 Å². The summed E-state index contributed by atoms with van der Waals surface area (Å²) < 4.78 is 2.13. The Labute approximate surface area is 132 Å². The maximum absolute atomic E-state index is 11.9. The average molecular weight is 407 g/mol. The molecule has 0 radical (unpaired) electrons. The SMILES string of the molecule is O=C(O)CCC(=O)OC(=O)C(I)(c1ccccc1)[N+](=O)[O-]. The summed E-state index contributed by atoms with van der Waals surface area (Å²) in [7, 11) is 0. The summed E-state index contributed by atoms with van der Waals surface area (Å²) in [6, 6.07) is 7.35. The standard InChI is InChI=1S/C12H10INO7/c13-12(14(19)20,8-4-2-1-3-5-8)11(18)21-10(17)7-6-9(15)16/h1-5H,6-7H2,(H,15,16). The second-order valence-electron chi connectivity index (χ2n) is 3.90. The van der Waals surface area contributed by atoms with Crippen molar-refractivity contribution in [2.75, 3.05) is 0 Å². The third kappa shape index (κ3) is 4.21. The number of carboxylic acid groups (broad SMARTS) is 1. The number of nitrogens with zero attached hydrogens (tertiary/aromatic N) is 1. The molecule has 0 fully saturated rings. The number of benzene rings is 1. The third-order valence-corrected chi connectivity index (χ3v) is 3.89. The first-order chi connectivity index (χ1) is 9.78. The number of ether oxygens (including phenoxy) is 1. The summed E-state index contributed by atoms with van der Waals surface area (Å²) in [4.78, 5) is 43.9. The summed E-state index contributed by atoms with van der Waals surface area (Å²) >= 11 is 1.29. The maximum atomic E-state index is 11.9. The number of hydrogen-bond donors (Lipinski definition) is 1. The van der Waals surface area contributed by atoms with E-state index in [2.05, 4.69) is 4.74 Å². The zero-order valence-corrected chi connectivity index (χ0v) is 12.7. The van der Waals surface area contributed by atoms with Gasteiger partial charge in [-0.15, -0.1) is 0 Å². The highest BCUT2D eigenvalue weighted by molar-refractivity contribution is 14.1. The van der Waals surface area contributed by atoms with Crippen molar-refractivity contribution in [3.8, 4) is 0 Å². The predicted molar refractivity (Wildman–Crippen MR) is 77.1 cm³/mol. The number of alkyl halides is 1. The topological polar surface area (TPSA) is 124 Å². The fourth-order valence-corrected chi connectivity index (χ4v) is 1.86. The molecular formula is C12H10INO7. The number of carboxylic acids is 1. The van der Waals surface area contributed by atoms with Gasteiger partial charge in [0.1, 0.15) is 0 Å². The van der Waals surface area contributed by atoms with Gasteiger partial charge in [-0.2, -0.15) is 0 Å². The fourth-order valence-electron chi connectivity index (χ4n) is 1.39. The average Bonchev–Trinajstić information content (AvgIpc) is 2.44. The van der Waals surface area contributed by atoms with Crippen molar-refractivity contribution >= 4 is 40.5 Å². The summed E-state index contributed by atoms with van der Waals surface area (Å²) in [6.45, 7) is 0. The molecule has 0 aromatic heterocycles. The summed E-state index contributed by atoms with van der Waals surface area (Å²) in [5, 5.41) is 19.6. The molecule has 0 saturated heterocycles. The smallest absolute Gasteiger partial charge is 0.408 e. The van der Waals surface area contributed by atoms with Gasteiger partial charge in [0, 0.05) is 22.6 Å². The molecule has 21 heavy (non-hydrogen) atoms. The molecule has 1 aromatic rings. The Bertz CT molecular complexity index is 574. The molecule has 0 amide bonds. The molecule has 9 heteroatoms. The quantitative estimate of drug-likeness (QED) is 0.144. The molecule has 0 spiro atoms. The van der Waals surface area contributed by atoms with Crippen LogP contribution in [0, 0.1) is 10.1 Å². The zero-order valence-electron chi connectivity index (χ0n) is 10.5. The highest BCUT2D eigenvalue weighted by Gasteiger charge is 2.52.